The van der Waals surface area contributed by atoms with E-state index in [0.29, 0.717) is 0 Å². The molecule has 0 spiro atoms. The van der Waals surface area contributed by atoms with Crippen LogP contribution in [0.5, 0.6) is 0 Å². The molecule has 0 bridgehead atoms. The Hall–Kier alpha value is -0.920. The molecule has 0 amide bonds. The van der Waals surface area contributed by atoms with E-state index in [0.717, 1.165) is 0 Å². The average molecular weight is 110 g/mol. The molecule has 0 fully saturated rings. The number of aromatic amines is 2. The highest BCUT2D eigenvalue weighted by Crippen LogP contribution is 1.54. The Bertz CT molecular complexity index is 223. The van der Waals surface area contributed by atoms with Crippen molar-refractivity contribution in [1.29, 1.82) is 0 Å². The molecule has 0 atom stereocenters. The minimum atomic E-state index is 1.19. The highest BCUT2D eigenvalue weighted by atomic mass is 15.1. The van der Waals surface area contributed by atoms with Gasteiger partial charge in [-0.15, -0.1) is 0 Å². The predicted molar refractivity (Wildman–Crippen MR) is 34.7 cm³/mol. The molecule has 1 aromatic heterocycles. The first-order valence-electron chi connectivity index (χ1n) is 2.73. The molecule has 1 rings (SSSR count). The quantitative estimate of drug-likeness (QED) is 0.469. The zero-order valence-corrected chi connectivity index (χ0v) is 5.15. The summed E-state index contributed by atoms with van der Waals surface area (Å²) in [4.78, 5) is 0. The average Bonchev–Trinajstić information content (AvgIpc) is 1.66. The fourth-order valence-corrected chi connectivity index (χ4v) is 0.662. The molecule has 2 nitrogen and oxygen atoms in total. The van der Waals surface area contributed by atoms with Crippen LogP contribution in [-0.4, -0.2) is 10.2 Å². The van der Waals surface area contributed by atoms with Crippen LogP contribution in [0.15, 0.2) is 0 Å². The number of hydrogen-bond acceptors (Lipinski definition) is 0. The van der Waals surface area contributed by atoms with E-state index in [-0.39, 0.29) is 0 Å². The van der Waals surface area contributed by atoms with Crippen LogP contribution in [-0.2, 0) is 0 Å². The van der Waals surface area contributed by atoms with Gasteiger partial charge in [0.1, 0.15) is 0 Å². The summed E-state index contributed by atoms with van der Waals surface area (Å²) >= 11 is 0. The van der Waals surface area contributed by atoms with Gasteiger partial charge in [-0.25, -0.2) is 0 Å². The maximum atomic E-state index is 2.94. The highest BCUT2D eigenvalue weighted by Gasteiger charge is 1.80. The number of rotatable bonds is 0. The second kappa shape index (κ2) is 1.90. The van der Waals surface area contributed by atoms with E-state index in [1.165, 1.54) is 10.7 Å². The van der Waals surface area contributed by atoms with Crippen molar-refractivity contribution in [3.63, 3.8) is 0 Å². The molecule has 2 N–H and O–H groups in total. The minimum absolute atomic E-state index is 1.19. The van der Waals surface area contributed by atoms with E-state index in [4.69, 9.17) is 0 Å². The van der Waals surface area contributed by atoms with Crippen LogP contribution >= 0.6 is 0 Å². The molecular weight excluding hydrogens is 100 g/mol. The van der Waals surface area contributed by atoms with Crippen LogP contribution in [0.4, 0.5) is 0 Å². The standard InChI is InChI=1S/C6H10N2/c1-3-5-6(4-2)8-7-5/h3-4,7-8H,1-2H3/b5-3+,6-4+. The summed E-state index contributed by atoms with van der Waals surface area (Å²) in [7, 11) is 0. The Kier molecular flexibility index (Phi) is 1.24. The van der Waals surface area contributed by atoms with Crippen molar-refractivity contribution in [2.45, 2.75) is 13.8 Å². The number of hydrogen-bond donors (Lipinski definition) is 2. The van der Waals surface area contributed by atoms with Gasteiger partial charge >= 0.3 is 0 Å². The van der Waals surface area contributed by atoms with Gasteiger partial charge in [0.15, 0.2) is 0 Å². The van der Waals surface area contributed by atoms with Gasteiger partial charge in [-0.3, -0.25) is 10.2 Å². The summed E-state index contributed by atoms with van der Waals surface area (Å²) in [6.45, 7) is 4.01. The molecule has 0 radical (unpaired) electrons. The van der Waals surface area contributed by atoms with Crippen LogP contribution in [0.1, 0.15) is 13.8 Å². The summed E-state index contributed by atoms with van der Waals surface area (Å²) in [5.41, 5.74) is 0. The summed E-state index contributed by atoms with van der Waals surface area (Å²) in [5.74, 6) is 0. The van der Waals surface area contributed by atoms with E-state index in [1.807, 2.05) is 26.0 Å². The minimum Gasteiger partial charge on any atom is -0.299 e. The summed E-state index contributed by atoms with van der Waals surface area (Å²) in [5, 5.41) is 8.25. The zero-order valence-electron chi connectivity index (χ0n) is 5.15. The molecule has 8 heavy (non-hydrogen) atoms. The molecule has 0 aliphatic rings. The molecule has 2 heteroatoms. The first kappa shape index (κ1) is 5.22. The Morgan fingerprint density at radius 2 is 1.38 bits per heavy atom. The first-order valence-corrected chi connectivity index (χ1v) is 2.73. The third kappa shape index (κ3) is 0.579. The van der Waals surface area contributed by atoms with Crippen molar-refractivity contribution >= 4 is 12.2 Å². The lowest BCUT2D eigenvalue weighted by atomic mass is 10.4. The van der Waals surface area contributed by atoms with Crippen molar-refractivity contribution < 1.29 is 0 Å². The largest absolute Gasteiger partial charge is 0.299 e. The van der Waals surface area contributed by atoms with E-state index in [2.05, 4.69) is 10.2 Å². The van der Waals surface area contributed by atoms with E-state index < -0.39 is 0 Å². The maximum Gasteiger partial charge on any atom is 0.0743 e. The second-order valence-electron chi connectivity index (χ2n) is 1.65. The highest BCUT2D eigenvalue weighted by molar-refractivity contribution is 5.21. The molecule has 0 saturated heterocycles. The van der Waals surface area contributed by atoms with Crippen molar-refractivity contribution in [3.8, 4) is 0 Å². The molecule has 0 saturated carbocycles. The van der Waals surface area contributed by atoms with Crippen LogP contribution in [0, 0.1) is 0 Å². The van der Waals surface area contributed by atoms with Crippen molar-refractivity contribution in [2.24, 2.45) is 0 Å². The number of H-pyrrole nitrogens is 2. The molecule has 0 aliphatic heterocycles. The smallest absolute Gasteiger partial charge is 0.0743 e. The second-order valence-corrected chi connectivity index (χ2v) is 1.65. The maximum absolute atomic E-state index is 2.94. The molecular formula is C6H10N2. The van der Waals surface area contributed by atoms with Gasteiger partial charge in [0.05, 0.1) is 10.7 Å². The lowest BCUT2D eigenvalue weighted by Crippen LogP contribution is -2.39. The SMILES string of the molecule is C/C=c1/[nH][nH]/c1=C/C. The molecule has 0 unspecified atom stereocenters. The van der Waals surface area contributed by atoms with Crippen molar-refractivity contribution in [3.05, 3.63) is 10.7 Å². The van der Waals surface area contributed by atoms with Gasteiger partial charge in [-0.1, -0.05) is 12.2 Å². The Morgan fingerprint density at radius 3 is 1.50 bits per heavy atom. The Morgan fingerprint density at radius 1 is 1.00 bits per heavy atom. The summed E-state index contributed by atoms with van der Waals surface area (Å²) < 4.78 is 0. The van der Waals surface area contributed by atoms with Gasteiger partial charge < -0.3 is 0 Å². The topological polar surface area (TPSA) is 31.6 Å². The predicted octanol–water partition coefficient (Wildman–Crippen LogP) is -0.0564. The molecule has 1 heterocycles. The number of aromatic nitrogens is 2. The van der Waals surface area contributed by atoms with Crippen LogP contribution in [0.2, 0.25) is 0 Å². The molecule has 1 aromatic rings. The fraction of sp³-hybridized carbons (Fsp3) is 0.333. The third-order valence-corrected chi connectivity index (χ3v) is 1.20. The van der Waals surface area contributed by atoms with E-state index in [1.54, 1.807) is 0 Å². The van der Waals surface area contributed by atoms with E-state index >= 15 is 0 Å². The molecule has 44 valence electrons. The lowest BCUT2D eigenvalue weighted by molar-refractivity contribution is 0.865. The normalized spacial score (nSPS) is 15.8. The van der Waals surface area contributed by atoms with Crippen LogP contribution < -0.4 is 10.7 Å². The van der Waals surface area contributed by atoms with Crippen molar-refractivity contribution in [2.75, 3.05) is 0 Å². The van der Waals surface area contributed by atoms with Gasteiger partial charge in [0, 0.05) is 0 Å². The van der Waals surface area contributed by atoms with Gasteiger partial charge in [0.2, 0.25) is 0 Å². The van der Waals surface area contributed by atoms with Gasteiger partial charge in [0.25, 0.3) is 0 Å². The lowest BCUT2D eigenvalue weighted by Gasteiger charge is -1.93. The third-order valence-electron chi connectivity index (χ3n) is 1.20. The Labute approximate surface area is 47.9 Å². The van der Waals surface area contributed by atoms with Gasteiger partial charge in [-0.2, -0.15) is 0 Å². The monoisotopic (exact) mass is 110 g/mol. The van der Waals surface area contributed by atoms with Gasteiger partial charge in [-0.05, 0) is 13.8 Å². The Balaban J connectivity index is 3.27. The summed E-state index contributed by atoms with van der Waals surface area (Å²) in [6, 6.07) is 0. The van der Waals surface area contributed by atoms with E-state index in [9.17, 15) is 0 Å². The van der Waals surface area contributed by atoms with Crippen LogP contribution in [0.3, 0.4) is 0 Å². The zero-order chi connectivity index (χ0) is 5.98. The van der Waals surface area contributed by atoms with Crippen LogP contribution in [0.25, 0.3) is 12.2 Å². The van der Waals surface area contributed by atoms with Crippen molar-refractivity contribution in [1.82, 2.24) is 10.2 Å². The summed E-state index contributed by atoms with van der Waals surface area (Å²) in [6.07, 6.45) is 4.07. The molecule has 0 aliphatic carbocycles. The first-order chi connectivity index (χ1) is 3.88. The fourth-order valence-electron chi connectivity index (χ4n) is 0.662. The molecule has 0 aromatic carbocycles. The number of nitrogens with one attached hydrogen (secondary N) is 2.